The summed E-state index contributed by atoms with van der Waals surface area (Å²) >= 11 is -1.95. The lowest BCUT2D eigenvalue weighted by atomic mass is 9.93. The predicted molar refractivity (Wildman–Crippen MR) is 107 cm³/mol. The van der Waals surface area contributed by atoms with Crippen LogP contribution in [0.3, 0.4) is 0 Å². The summed E-state index contributed by atoms with van der Waals surface area (Å²) in [5, 5.41) is 1.98. The monoisotopic (exact) mass is 434 g/mol. The highest BCUT2D eigenvalue weighted by molar-refractivity contribution is 7.80. The van der Waals surface area contributed by atoms with Crippen molar-refractivity contribution in [2.45, 2.75) is 11.3 Å². The van der Waals surface area contributed by atoms with E-state index in [0.29, 0.717) is 16.2 Å². The molecule has 30 heavy (non-hydrogen) atoms. The van der Waals surface area contributed by atoms with Gasteiger partial charge in [-0.25, -0.2) is 8.60 Å². The normalized spacial score (nSPS) is 13.0. The van der Waals surface area contributed by atoms with Crippen LogP contribution in [0.2, 0.25) is 0 Å². The van der Waals surface area contributed by atoms with Crippen LogP contribution in [0.25, 0.3) is 32.7 Å². The highest BCUT2D eigenvalue weighted by Gasteiger charge is 2.33. The molecule has 0 bridgehead atoms. The van der Waals surface area contributed by atoms with E-state index in [1.54, 1.807) is 30.3 Å². The van der Waals surface area contributed by atoms with Gasteiger partial charge in [0.05, 0.1) is 12.0 Å². The second-order valence-electron chi connectivity index (χ2n) is 6.41. The Morgan fingerprint density at radius 2 is 1.53 bits per heavy atom. The summed E-state index contributed by atoms with van der Waals surface area (Å²) in [6.45, 7) is 0. The van der Waals surface area contributed by atoms with Gasteiger partial charge >= 0.3 is 6.36 Å². The molecule has 0 aliphatic heterocycles. The van der Waals surface area contributed by atoms with Crippen molar-refractivity contribution in [3.8, 4) is 16.9 Å². The summed E-state index contributed by atoms with van der Waals surface area (Å²) < 4.78 is 75.2. The maximum absolute atomic E-state index is 13.8. The minimum absolute atomic E-state index is 0.0574. The van der Waals surface area contributed by atoms with Gasteiger partial charge in [0, 0.05) is 11.1 Å². The summed E-state index contributed by atoms with van der Waals surface area (Å²) in [6.07, 6.45) is -4.95. The Morgan fingerprint density at radius 1 is 0.833 bits per heavy atom. The number of halogens is 4. The number of hydrogen-bond acceptors (Lipinski definition) is 3. The van der Waals surface area contributed by atoms with Gasteiger partial charge in [-0.2, -0.15) is 0 Å². The van der Waals surface area contributed by atoms with Gasteiger partial charge in [0.2, 0.25) is 0 Å². The maximum atomic E-state index is 13.8. The van der Waals surface area contributed by atoms with Crippen LogP contribution >= 0.6 is 0 Å². The molecule has 1 atom stereocenters. The van der Waals surface area contributed by atoms with Crippen molar-refractivity contribution in [1.29, 1.82) is 0 Å². The van der Waals surface area contributed by atoms with Crippen molar-refractivity contribution >= 4 is 32.6 Å². The minimum atomic E-state index is -4.95. The van der Waals surface area contributed by atoms with Crippen LogP contribution in [0.15, 0.2) is 71.6 Å². The van der Waals surface area contributed by atoms with E-state index in [1.807, 2.05) is 0 Å². The smallest absolute Gasteiger partial charge is 0.405 e. The van der Waals surface area contributed by atoms with Crippen LogP contribution in [0.5, 0.6) is 5.75 Å². The predicted octanol–water partition coefficient (Wildman–Crippen LogP) is 6.37. The molecule has 0 amide bonds. The highest BCUT2D eigenvalue weighted by Crippen LogP contribution is 2.45. The SMILES string of the molecule is COS(=O)c1ccc2ccccc2c1-c1c(OC(F)(F)F)ccc2cc(F)ccc12. The molecule has 4 aromatic carbocycles. The molecule has 0 radical (unpaired) electrons. The molecule has 1 unspecified atom stereocenters. The molecule has 0 aliphatic carbocycles. The average molecular weight is 434 g/mol. The van der Waals surface area contributed by atoms with Crippen LogP contribution in [0.4, 0.5) is 17.6 Å². The molecule has 0 aliphatic rings. The van der Waals surface area contributed by atoms with E-state index in [4.69, 9.17) is 4.18 Å². The lowest BCUT2D eigenvalue weighted by Gasteiger charge is -2.19. The van der Waals surface area contributed by atoms with E-state index in [-0.39, 0.29) is 16.0 Å². The van der Waals surface area contributed by atoms with Crippen molar-refractivity contribution in [3.05, 3.63) is 72.5 Å². The Labute approximate surface area is 171 Å². The van der Waals surface area contributed by atoms with Crippen molar-refractivity contribution in [3.63, 3.8) is 0 Å². The van der Waals surface area contributed by atoms with Gasteiger partial charge in [0.25, 0.3) is 0 Å². The van der Waals surface area contributed by atoms with Crippen molar-refractivity contribution in [2.75, 3.05) is 7.11 Å². The molecule has 0 heterocycles. The van der Waals surface area contributed by atoms with Gasteiger partial charge in [0.15, 0.2) is 11.1 Å². The fraction of sp³-hybridized carbons (Fsp3) is 0.0909. The third kappa shape index (κ3) is 3.76. The van der Waals surface area contributed by atoms with E-state index in [9.17, 15) is 21.8 Å². The Bertz CT molecular complexity index is 1280. The minimum Gasteiger partial charge on any atom is -0.405 e. The molecular weight excluding hydrogens is 420 g/mol. The summed E-state index contributed by atoms with van der Waals surface area (Å²) in [7, 11) is 1.24. The fourth-order valence-corrected chi connectivity index (χ4v) is 4.22. The first-order valence-electron chi connectivity index (χ1n) is 8.75. The van der Waals surface area contributed by atoms with E-state index in [0.717, 1.165) is 17.5 Å². The zero-order valence-electron chi connectivity index (χ0n) is 15.5. The van der Waals surface area contributed by atoms with Crippen LogP contribution < -0.4 is 4.74 Å². The number of rotatable bonds is 4. The van der Waals surface area contributed by atoms with E-state index in [1.165, 1.54) is 31.4 Å². The molecule has 4 aromatic rings. The van der Waals surface area contributed by atoms with Gasteiger partial charge < -0.3 is 4.74 Å². The Morgan fingerprint density at radius 3 is 2.27 bits per heavy atom. The third-order valence-corrected chi connectivity index (χ3v) is 5.64. The first-order chi connectivity index (χ1) is 14.3. The van der Waals surface area contributed by atoms with Crippen molar-refractivity contribution in [2.24, 2.45) is 0 Å². The molecule has 0 aromatic heterocycles. The summed E-state index contributed by atoms with van der Waals surface area (Å²) in [5.41, 5.74) is 0.326. The summed E-state index contributed by atoms with van der Waals surface area (Å²) in [4.78, 5) is 0.181. The zero-order chi connectivity index (χ0) is 21.5. The second-order valence-corrected chi connectivity index (χ2v) is 7.66. The van der Waals surface area contributed by atoms with Gasteiger partial charge in [0.1, 0.15) is 11.6 Å². The number of ether oxygens (including phenoxy) is 1. The maximum Gasteiger partial charge on any atom is 0.573 e. The fourth-order valence-electron chi connectivity index (χ4n) is 3.49. The summed E-state index contributed by atoms with van der Waals surface area (Å²) in [6, 6.07) is 16.5. The quantitative estimate of drug-likeness (QED) is 0.350. The number of alkyl halides is 3. The molecule has 0 saturated heterocycles. The molecule has 8 heteroatoms. The molecule has 0 spiro atoms. The lowest BCUT2D eigenvalue weighted by molar-refractivity contribution is -0.274. The molecular formula is C22H14F4O3S. The molecule has 154 valence electrons. The molecule has 4 rings (SSSR count). The van der Waals surface area contributed by atoms with Crippen LogP contribution in [0.1, 0.15) is 0 Å². The first kappa shape index (κ1) is 20.3. The molecule has 0 fully saturated rings. The van der Waals surface area contributed by atoms with Gasteiger partial charge in [-0.3, -0.25) is 4.18 Å². The Hall–Kier alpha value is -2.97. The van der Waals surface area contributed by atoms with Gasteiger partial charge in [-0.05, 0) is 45.8 Å². The first-order valence-corrected chi connectivity index (χ1v) is 9.82. The molecule has 0 saturated carbocycles. The zero-order valence-corrected chi connectivity index (χ0v) is 16.3. The van der Waals surface area contributed by atoms with E-state index >= 15 is 0 Å². The van der Waals surface area contributed by atoms with Gasteiger partial charge in [-0.1, -0.05) is 42.5 Å². The number of benzene rings is 4. The highest BCUT2D eigenvalue weighted by atomic mass is 32.2. The summed E-state index contributed by atoms with van der Waals surface area (Å²) in [5.74, 6) is -1.01. The van der Waals surface area contributed by atoms with Crippen molar-refractivity contribution in [1.82, 2.24) is 0 Å². The van der Waals surface area contributed by atoms with E-state index in [2.05, 4.69) is 4.74 Å². The Kier molecular flexibility index (Phi) is 5.21. The van der Waals surface area contributed by atoms with Gasteiger partial charge in [-0.15, -0.1) is 13.2 Å². The van der Waals surface area contributed by atoms with Crippen LogP contribution in [-0.2, 0) is 15.3 Å². The topological polar surface area (TPSA) is 35.5 Å². The van der Waals surface area contributed by atoms with E-state index < -0.39 is 29.0 Å². The third-order valence-electron chi connectivity index (χ3n) is 4.64. The average Bonchev–Trinajstić information content (AvgIpc) is 2.71. The number of fused-ring (bicyclic) bond motifs is 2. The van der Waals surface area contributed by atoms with Crippen LogP contribution in [-0.4, -0.2) is 17.7 Å². The second kappa shape index (κ2) is 7.70. The number of hydrogen-bond donors (Lipinski definition) is 0. The van der Waals surface area contributed by atoms with Crippen molar-refractivity contribution < 1.29 is 30.7 Å². The standard InChI is InChI=1S/C22H14F4O3S/c1-28-30(27)19-11-7-13-4-2-3-5-16(13)21(19)20-17-9-8-15(23)12-14(17)6-10-18(20)29-22(24,25)26/h2-12H,1H3. The Balaban J connectivity index is 2.18. The molecule has 3 nitrogen and oxygen atoms in total. The largest absolute Gasteiger partial charge is 0.573 e. The lowest BCUT2D eigenvalue weighted by Crippen LogP contribution is -2.18. The molecule has 0 N–H and O–H groups in total. The van der Waals surface area contributed by atoms with Crippen LogP contribution in [0, 0.1) is 5.82 Å².